The van der Waals surface area contributed by atoms with Crippen molar-refractivity contribution in [3.8, 4) is 0 Å². The summed E-state index contributed by atoms with van der Waals surface area (Å²) >= 11 is 0. The van der Waals surface area contributed by atoms with Gasteiger partial charge in [0.25, 0.3) is 0 Å². The van der Waals surface area contributed by atoms with Crippen LogP contribution in [-0.2, 0) is 6.54 Å². The normalized spacial score (nSPS) is 12.6. The lowest BCUT2D eigenvalue weighted by Gasteiger charge is -2.25. The van der Waals surface area contributed by atoms with Gasteiger partial charge < -0.3 is 10.2 Å². The van der Waals surface area contributed by atoms with E-state index in [9.17, 15) is 8.78 Å². The van der Waals surface area contributed by atoms with Gasteiger partial charge in [0, 0.05) is 24.7 Å². The molecular weight excluding hydrogens is 270 g/mol. The summed E-state index contributed by atoms with van der Waals surface area (Å²) in [5, 5.41) is 3.14. The maximum Gasteiger partial charge on any atom is 0.130 e. The molecule has 0 aromatic heterocycles. The molecule has 0 saturated heterocycles. The van der Waals surface area contributed by atoms with Gasteiger partial charge in [0.2, 0.25) is 0 Å². The van der Waals surface area contributed by atoms with Crippen LogP contribution in [0.1, 0.15) is 17.2 Å². The predicted molar refractivity (Wildman–Crippen MR) is 80.9 cm³/mol. The molecule has 2 rings (SSSR count). The first kappa shape index (κ1) is 15.6. The quantitative estimate of drug-likeness (QED) is 0.877. The molecule has 1 N–H and O–H groups in total. The lowest BCUT2D eigenvalue weighted by atomic mass is 10.1. The van der Waals surface area contributed by atoms with Gasteiger partial charge in [-0.3, -0.25) is 0 Å². The zero-order chi connectivity index (χ0) is 15.2. The third kappa shape index (κ3) is 4.09. The lowest BCUT2D eigenvalue weighted by Crippen LogP contribution is -2.31. The predicted octanol–water partition coefficient (Wildman–Crippen LogP) is 3.36. The van der Waals surface area contributed by atoms with Crippen LogP contribution in [0.4, 0.5) is 8.78 Å². The van der Waals surface area contributed by atoms with Crippen LogP contribution in [0.15, 0.2) is 48.5 Å². The molecular formula is C17H20F2N2. The molecule has 0 saturated carbocycles. The van der Waals surface area contributed by atoms with E-state index in [1.54, 1.807) is 0 Å². The fourth-order valence-electron chi connectivity index (χ4n) is 2.31. The summed E-state index contributed by atoms with van der Waals surface area (Å²) in [6.45, 7) is 0.792. The molecule has 0 aliphatic heterocycles. The minimum Gasteiger partial charge on any atom is -0.311 e. The van der Waals surface area contributed by atoms with Crippen molar-refractivity contribution < 1.29 is 8.78 Å². The number of nitrogens with one attached hydrogen (secondary N) is 1. The third-order valence-corrected chi connectivity index (χ3v) is 3.51. The molecule has 0 radical (unpaired) electrons. The highest BCUT2D eigenvalue weighted by molar-refractivity contribution is 5.21. The summed E-state index contributed by atoms with van der Waals surface area (Å²) in [4.78, 5) is 2.08. The second kappa shape index (κ2) is 7.29. The first-order chi connectivity index (χ1) is 10.1. The Morgan fingerprint density at radius 2 is 1.57 bits per heavy atom. The average Bonchev–Trinajstić information content (AvgIpc) is 2.46. The van der Waals surface area contributed by atoms with E-state index in [0.717, 1.165) is 0 Å². The van der Waals surface area contributed by atoms with Crippen molar-refractivity contribution in [2.24, 2.45) is 0 Å². The molecule has 4 heteroatoms. The standard InChI is InChI=1S/C17H20F2N2/c1-21(2)17(13-7-4-3-5-8-13)12-20-11-14-15(18)9-6-10-16(14)19/h3-10,17,20H,11-12H2,1-2H3. The molecule has 2 aromatic rings. The van der Waals surface area contributed by atoms with Gasteiger partial charge in [0.15, 0.2) is 0 Å². The van der Waals surface area contributed by atoms with Crippen molar-refractivity contribution in [1.29, 1.82) is 0 Å². The Kier molecular flexibility index (Phi) is 5.42. The molecule has 2 aromatic carbocycles. The van der Waals surface area contributed by atoms with Crippen LogP contribution in [0.2, 0.25) is 0 Å². The molecule has 21 heavy (non-hydrogen) atoms. The third-order valence-electron chi connectivity index (χ3n) is 3.51. The van der Waals surface area contributed by atoms with E-state index < -0.39 is 11.6 Å². The van der Waals surface area contributed by atoms with E-state index in [1.807, 2.05) is 32.3 Å². The monoisotopic (exact) mass is 290 g/mol. The maximum atomic E-state index is 13.6. The Morgan fingerprint density at radius 1 is 0.952 bits per heavy atom. The molecule has 0 amide bonds. The van der Waals surface area contributed by atoms with Gasteiger partial charge in [-0.05, 0) is 31.8 Å². The van der Waals surface area contributed by atoms with E-state index in [1.165, 1.54) is 23.8 Å². The second-order valence-electron chi connectivity index (χ2n) is 5.22. The summed E-state index contributed by atoms with van der Waals surface area (Å²) < 4.78 is 27.1. The first-order valence-corrected chi connectivity index (χ1v) is 6.94. The number of likely N-dealkylation sites (N-methyl/N-ethyl adjacent to an activating group) is 1. The zero-order valence-electron chi connectivity index (χ0n) is 12.3. The first-order valence-electron chi connectivity index (χ1n) is 6.94. The van der Waals surface area contributed by atoms with Crippen molar-refractivity contribution in [1.82, 2.24) is 10.2 Å². The SMILES string of the molecule is CN(C)C(CNCc1c(F)cccc1F)c1ccccc1. The fraction of sp³-hybridized carbons (Fsp3) is 0.294. The number of nitrogens with zero attached hydrogens (tertiary/aromatic N) is 1. The van der Waals surface area contributed by atoms with Crippen LogP contribution in [0.5, 0.6) is 0 Å². The molecule has 0 spiro atoms. The zero-order valence-corrected chi connectivity index (χ0v) is 12.3. The fourth-order valence-corrected chi connectivity index (χ4v) is 2.31. The summed E-state index contributed by atoms with van der Waals surface area (Å²) in [7, 11) is 3.98. The van der Waals surface area contributed by atoms with Gasteiger partial charge in [-0.1, -0.05) is 36.4 Å². The molecule has 0 aliphatic carbocycles. The lowest BCUT2D eigenvalue weighted by molar-refractivity contribution is 0.287. The van der Waals surface area contributed by atoms with Crippen molar-refractivity contribution in [3.63, 3.8) is 0 Å². The average molecular weight is 290 g/mol. The van der Waals surface area contributed by atoms with Crippen molar-refractivity contribution in [2.45, 2.75) is 12.6 Å². The molecule has 0 fully saturated rings. The molecule has 112 valence electrons. The van der Waals surface area contributed by atoms with E-state index in [0.29, 0.717) is 6.54 Å². The molecule has 2 nitrogen and oxygen atoms in total. The van der Waals surface area contributed by atoms with Gasteiger partial charge in [-0.15, -0.1) is 0 Å². The summed E-state index contributed by atoms with van der Waals surface area (Å²) in [5.41, 5.74) is 1.26. The maximum absolute atomic E-state index is 13.6. The highest BCUT2D eigenvalue weighted by Crippen LogP contribution is 2.17. The second-order valence-corrected chi connectivity index (χ2v) is 5.22. The topological polar surface area (TPSA) is 15.3 Å². The summed E-state index contributed by atoms with van der Waals surface area (Å²) in [6.07, 6.45) is 0. The van der Waals surface area contributed by atoms with E-state index in [2.05, 4.69) is 22.3 Å². The van der Waals surface area contributed by atoms with Crippen molar-refractivity contribution in [2.75, 3.05) is 20.6 Å². The Hall–Kier alpha value is -1.78. The highest BCUT2D eigenvalue weighted by atomic mass is 19.1. The number of halogens is 2. The van der Waals surface area contributed by atoms with Gasteiger partial charge in [-0.25, -0.2) is 8.78 Å². The Morgan fingerprint density at radius 3 is 2.14 bits per heavy atom. The number of benzene rings is 2. The Labute approximate surface area is 124 Å². The van der Waals surface area contributed by atoms with Gasteiger partial charge in [0.1, 0.15) is 11.6 Å². The van der Waals surface area contributed by atoms with Crippen molar-refractivity contribution >= 4 is 0 Å². The van der Waals surface area contributed by atoms with Crippen LogP contribution < -0.4 is 5.32 Å². The minimum atomic E-state index is -0.511. The smallest absolute Gasteiger partial charge is 0.130 e. The highest BCUT2D eigenvalue weighted by Gasteiger charge is 2.14. The van der Waals surface area contributed by atoms with Crippen LogP contribution in [0.25, 0.3) is 0 Å². The largest absolute Gasteiger partial charge is 0.311 e. The summed E-state index contributed by atoms with van der Waals surface area (Å²) in [6, 6.07) is 14.1. The minimum absolute atomic E-state index is 0.0862. The van der Waals surface area contributed by atoms with Crippen molar-refractivity contribution in [3.05, 3.63) is 71.3 Å². The van der Waals surface area contributed by atoms with Crippen LogP contribution in [0.3, 0.4) is 0 Å². The summed E-state index contributed by atoms with van der Waals surface area (Å²) in [5.74, 6) is -1.02. The van der Waals surface area contributed by atoms with Gasteiger partial charge in [-0.2, -0.15) is 0 Å². The number of hydrogen-bond donors (Lipinski definition) is 1. The number of rotatable bonds is 6. The number of hydrogen-bond acceptors (Lipinski definition) is 2. The Balaban J connectivity index is 2.00. The molecule has 1 unspecified atom stereocenters. The molecule has 1 atom stereocenters. The molecule has 0 bridgehead atoms. The van der Waals surface area contributed by atoms with E-state index in [-0.39, 0.29) is 18.2 Å². The van der Waals surface area contributed by atoms with E-state index >= 15 is 0 Å². The van der Waals surface area contributed by atoms with Crippen LogP contribution >= 0.6 is 0 Å². The van der Waals surface area contributed by atoms with E-state index in [4.69, 9.17) is 0 Å². The molecule has 0 aliphatic rings. The van der Waals surface area contributed by atoms with Gasteiger partial charge >= 0.3 is 0 Å². The van der Waals surface area contributed by atoms with Gasteiger partial charge in [0.05, 0.1) is 0 Å². The van der Waals surface area contributed by atoms with Crippen LogP contribution in [-0.4, -0.2) is 25.5 Å². The Bertz CT molecular complexity index is 550. The van der Waals surface area contributed by atoms with Crippen LogP contribution in [0, 0.1) is 11.6 Å². The molecule has 0 heterocycles.